The first kappa shape index (κ1) is 33.0. The monoisotopic (exact) mass is 729 g/mol. The molecule has 0 N–H and O–H groups in total. The Morgan fingerprint density at radius 2 is 1.02 bits per heavy atom. The fraction of sp³-hybridized carbons (Fsp3) is 0.0377. The normalized spacial score (nSPS) is 14.3. The minimum Gasteiger partial charge on any atom is -0.456 e. The highest BCUT2D eigenvalue weighted by atomic mass is 16.3. The van der Waals surface area contributed by atoms with Crippen LogP contribution in [0, 0.1) is 5.92 Å². The van der Waals surface area contributed by atoms with E-state index in [-0.39, 0.29) is 5.92 Å². The Bertz CT molecular complexity index is 3050. The minimum absolute atomic E-state index is 0.0932. The lowest BCUT2D eigenvalue weighted by molar-refractivity contribution is 0.564. The summed E-state index contributed by atoms with van der Waals surface area (Å²) in [6.07, 6.45) is 3.18. The van der Waals surface area contributed by atoms with Crippen LogP contribution in [0.25, 0.3) is 78.8 Å². The maximum absolute atomic E-state index is 6.94. The van der Waals surface area contributed by atoms with Crippen LogP contribution in [0.5, 0.6) is 0 Å². The van der Waals surface area contributed by atoms with E-state index < -0.39 is 0 Å². The van der Waals surface area contributed by atoms with Gasteiger partial charge in [0.2, 0.25) is 0 Å². The lowest BCUT2D eigenvalue weighted by Gasteiger charge is -2.28. The number of fused-ring (bicyclic) bond motifs is 6. The standard InChI is InChI=1S/C53H35N3O/c1-4-14-34(15-5-1)37-20-12-22-39(30-37)47-33-48(40-23-13-21-38(31-40)35-16-6-2-7-17-35)56-53(55-47)41-26-27-42-43-28-29-45-50(52(43)57-49(42)32-41)44-24-10-11-25-46(44)54-51(45)36-18-8-3-9-19-36/h1-28,30-33,45H,29H2. The average Bonchev–Trinajstić information content (AvgIpc) is 3.68. The number of rotatable bonds is 6. The summed E-state index contributed by atoms with van der Waals surface area (Å²) >= 11 is 0. The van der Waals surface area contributed by atoms with Gasteiger partial charge in [0.1, 0.15) is 11.0 Å². The van der Waals surface area contributed by atoms with Crippen molar-refractivity contribution in [2.24, 2.45) is 10.9 Å². The largest absolute Gasteiger partial charge is 0.456 e. The van der Waals surface area contributed by atoms with Crippen LogP contribution in [-0.4, -0.2) is 15.7 Å². The van der Waals surface area contributed by atoms with E-state index in [1.165, 1.54) is 5.57 Å². The Hall–Kier alpha value is -7.43. The van der Waals surface area contributed by atoms with Crippen LogP contribution in [0.3, 0.4) is 0 Å². The lowest BCUT2D eigenvalue weighted by atomic mass is 9.78. The number of aliphatic imine (C=N–C) groups is 1. The van der Waals surface area contributed by atoms with Gasteiger partial charge in [0, 0.05) is 44.3 Å². The average molecular weight is 730 g/mol. The summed E-state index contributed by atoms with van der Waals surface area (Å²) in [4.78, 5) is 15.7. The summed E-state index contributed by atoms with van der Waals surface area (Å²) in [6.45, 7) is 0. The van der Waals surface area contributed by atoms with Gasteiger partial charge in [-0.3, -0.25) is 4.99 Å². The second kappa shape index (κ2) is 13.7. The second-order valence-electron chi connectivity index (χ2n) is 14.7. The molecule has 0 radical (unpaired) electrons. The van der Waals surface area contributed by atoms with Gasteiger partial charge in [-0.05, 0) is 70.6 Å². The number of hydrogen-bond acceptors (Lipinski definition) is 4. The summed E-state index contributed by atoms with van der Waals surface area (Å²) in [6, 6.07) is 65.7. The molecule has 2 aromatic heterocycles. The fourth-order valence-electron chi connectivity index (χ4n) is 8.46. The summed E-state index contributed by atoms with van der Waals surface area (Å²) in [5, 5.41) is 2.22. The Morgan fingerprint density at radius 1 is 0.456 bits per heavy atom. The van der Waals surface area contributed by atoms with Crippen LogP contribution >= 0.6 is 0 Å². The molecule has 0 saturated carbocycles. The molecule has 1 aliphatic carbocycles. The van der Waals surface area contributed by atoms with Crippen LogP contribution < -0.4 is 10.6 Å². The molecule has 4 heteroatoms. The first-order valence-corrected chi connectivity index (χ1v) is 19.4. The summed E-state index contributed by atoms with van der Waals surface area (Å²) < 4.78 is 6.94. The third-order valence-corrected chi connectivity index (χ3v) is 11.2. The number of para-hydroxylation sites is 1. The molecule has 268 valence electrons. The molecule has 1 atom stereocenters. The van der Waals surface area contributed by atoms with E-state index in [0.717, 1.165) is 101 Å². The highest BCUT2D eigenvalue weighted by Gasteiger charge is 2.32. The molecule has 0 spiro atoms. The molecule has 4 nitrogen and oxygen atoms in total. The molecule has 0 fully saturated rings. The third kappa shape index (κ3) is 5.90. The van der Waals surface area contributed by atoms with Gasteiger partial charge in [0.15, 0.2) is 5.82 Å². The molecule has 1 unspecified atom stereocenters. The molecule has 0 amide bonds. The van der Waals surface area contributed by atoms with Crippen molar-refractivity contribution in [2.75, 3.05) is 0 Å². The molecule has 0 saturated heterocycles. The predicted octanol–water partition coefficient (Wildman–Crippen LogP) is 11.7. The van der Waals surface area contributed by atoms with Crippen LogP contribution in [0.4, 0.5) is 5.69 Å². The van der Waals surface area contributed by atoms with Crippen molar-refractivity contribution in [3.05, 3.63) is 210 Å². The van der Waals surface area contributed by atoms with Crippen LogP contribution in [0.2, 0.25) is 0 Å². The highest BCUT2D eigenvalue weighted by Crippen LogP contribution is 2.40. The van der Waals surface area contributed by atoms with Gasteiger partial charge in [0.05, 0.1) is 22.8 Å². The van der Waals surface area contributed by atoms with Crippen molar-refractivity contribution in [3.8, 4) is 56.2 Å². The molecule has 3 heterocycles. The van der Waals surface area contributed by atoms with Crippen molar-refractivity contribution >= 4 is 34.0 Å². The third-order valence-electron chi connectivity index (χ3n) is 11.2. The van der Waals surface area contributed by atoms with Gasteiger partial charge in [-0.1, -0.05) is 158 Å². The topological polar surface area (TPSA) is 51.3 Å². The van der Waals surface area contributed by atoms with Crippen molar-refractivity contribution in [1.82, 2.24) is 9.97 Å². The first-order valence-electron chi connectivity index (χ1n) is 19.4. The van der Waals surface area contributed by atoms with Gasteiger partial charge in [-0.15, -0.1) is 0 Å². The Labute approximate surface area is 330 Å². The van der Waals surface area contributed by atoms with Gasteiger partial charge in [-0.25, -0.2) is 9.97 Å². The van der Waals surface area contributed by atoms with E-state index in [2.05, 4.69) is 182 Å². The predicted molar refractivity (Wildman–Crippen MR) is 232 cm³/mol. The van der Waals surface area contributed by atoms with Crippen LogP contribution in [0.1, 0.15) is 17.5 Å². The lowest BCUT2D eigenvalue weighted by Crippen LogP contribution is -2.35. The van der Waals surface area contributed by atoms with Crippen molar-refractivity contribution in [1.29, 1.82) is 0 Å². The van der Waals surface area contributed by atoms with E-state index in [1.54, 1.807) is 0 Å². The molecular formula is C53H35N3O. The summed E-state index contributed by atoms with van der Waals surface area (Å²) in [7, 11) is 0. The number of hydrogen-bond donors (Lipinski definition) is 0. The zero-order valence-electron chi connectivity index (χ0n) is 31.0. The number of furan rings is 1. The van der Waals surface area contributed by atoms with E-state index in [9.17, 15) is 0 Å². The zero-order chi connectivity index (χ0) is 37.7. The van der Waals surface area contributed by atoms with E-state index in [1.807, 2.05) is 12.1 Å². The Morgan fingerprint density at radius 3 is 1.67 bits per heavy atom. The molecular weight excluding hydrogens is 695 g/mol. The molecule has 11 rings (SSSR count). The first-order chi connectivity index (χ1) is 28.2. The number of benzene rings is 7. The quantitative estimate of drug-likeness (QED) is 0.171. The van der Waals surface area contributed by atoms with Crippen molar-refractivity contribution in [2.45, 2.75) is 6.42 Å². The fourth-order valence-corrected chi connectivity index (χ4v) is 8.46. The van der Waals surface area contributed by atoms with Crippen LogP contribution in [0.15, 0.2) is 197 Å². The van der Waals surface area contributed by atoms with E-state index >= 15 is 0 Å². The second-order valence-corrected chi connectivity index (χ2v) is 14.7. The number of nitrogens with zero attached hydrogens (tertiary/aromatic N) is 3. The molecule has 57 heavy (non-hydrogen) atoms. The smallest absolute Gasteiger partial charge is 0.160 e. The maximum Gasteiger partial charge on any atom is 0.160 e. The molecule has 9 aromatic rings. The number of aromatic nitrogens is 2. The zero-order valence-corrected chi connectivity index (χ0v) is 31.0. The minimum atomic E-state index is 0.0932. The summed E-state index contributed by atoms with van der Waals surface area (Å²) in [5.41, 5.74) is 16.5. The van der Waals surface area contributed by atoms with Crippen molar-refractivity contribution in [3.63, 3.8) is 0 Å². The Kier molecular flexibility index (Phi) is 7.92. The highest BCUT2D eigenvalue weighted by molar-refractivity contribution is 6.13. The van der Waals surface area contributed by atoms with E-state index in [0.29, 0.717) is 5.82 Å². The van der Waals surface area contributed by atoms with Gasteiger partial charge >= 0.3 is 0 Å². The molecule has 0 bridgehead atoms. The Balaban J connectivity index is 1.08. The van der Waals surface area contributed by atoms with Gasteiger partial charge in [-0.2, -0.15) is 0 Å². The van der Waals surface area contributed by atoms with Crippen LogP contribution in [-0.2, 0) is 0 Å². The molecule has 1 aliphatic heterocycles. The SMILES string of the molecule is C1=c2c(oc3cc(-c4nc(-c5cccc(-c6ccccc6)c5)cc(-c5cccc(-c6ccccc6)c5)n4)ccc23)=C2c3ccccc3N=C(c3ccccc3)C2C1. The maximum atomic E-state index is 6.94. The van der Waals surface area contributed by atoms with Gasteiger partial charge in [0.25, 0.3) is 0 Å². The summed E-state index contributed by atoms with van der Waals surface area (Å²) in [5.74, 6) is 0.737. The van der Waals surface area contributed by atoms with Crippen molar-refractivity contribution < 1.29 is 4.42 Å². The molecule has 2 aliphatic rings. The van der Waals surface area contributed by atoms with Gasteiger partial charge < -0.3 is 4.42 Å². The van der Waals surface area contributed by atoms with E-state index in [4.69, 9.17) is 19.4 Å². The molecule has 7 aromatic carbocycles.